The summed E-state index contributed by atoms with van der Waals surface area (Å²) in [6, 6.07) is 8.17. The van der Waals surface area contributed by atoms with E-state index in [1.54, 1.807) is 14.2 Å². The van der Waals surface area contributed by atoms with Crippen molar-refractivity contribution in [3.63, 3.8) is 0 Å². The topological polar surface area (TPSA) is 59.0 Å². The maximum atomic E-state index is 6.24. The van der Waals surface area contributed by atoms with Crippen LogP contribution in [0.4, 0.5) is 0 Å². The predicted molar refractivity (Wildman–Crippen MR) is 128 cm³/mol. The van der Waals surface area contributed by atoms with Crippen LogP contribution in [0.5, 0.6) is 11.5 Å². The van der Waals surface area contributed by atoms with Crippen molar-refractivity contribution in [2.24, 2.45) is 0 Å². The summed E-state index contributed by atoms with van der Waals surface area (Å²) < 4.78 is 29.2. The lowest BCUT2D eigenvalue weighted by molar-refractivity contribution is 0.00578. The average Bonchev–Trinajstić information content (AvgIpc) is 2.94. The highest BCUT2D eigenvalue weighted by atomic mass is 16.7. The third-order valence-corrected chi connectivity index (χ3v) is 6.50. The van der Waals surface area contributed by atoms with Crippen LogP contribution < -0.4 is 9.47 Å². The lowest BCUT2D eigenvalue weighted by Crippen LogP contribution is -2.41. The molecule has 0 radical (unpaired) electrons. The first kappa shape index (κ1) is 24.6. The summed E-state index contributed by atoms with van der Waals surface area (Å²) in [5.74, 6) is 1.53. The number of hydrogen-bond donors (Lipinski definition) is 0. The molecule has 7 heteroatoms. The summed E-state index contributed by atoms with van der Waals surface area (Å²) in [6.07, 6.45) is 2.62. The molecule has 0 spiro atoms. The summed E-state index contributed by atoms with van der Waals surface area (Å²) in [5.41, 5.74) is 3.42. The van der Waals surface area contributed by atoms with Gasteiger partial charge in [-0.1, -0.05) is 6.07 Å². The molecule has 1 saturated heterocycles. The normalized spacial score (nSPS) is 17.9. The summed E-state index contributed by atoms with van der Waals surface area (Å²) in [4.78, 5) is 4.70. The standard InChI is InChI=1S/C25H36BNO5/c1-9-30-23-13-18(10-11-22(23)29-8)21-12-19(15-27-17(21)2)20(16-28-7)14-26-31-24(3,4)25(5,6)32-26/h10-13,15,20H,9,14,16H2,1-8H3. The lowest BCUT2D eigenvalue weighted by atomic mass is 9.75. The molecule has 1 aromatic carbocycles. The Morgan fingerprint density at radius 2 is 1.72 bits per heavy atom. The van der Waals surface area contributed by atoms with Crippen molar-refractivity contribution in [1.82, 2.24) is 4.98 Å². The van der Waals surface area contributed by atoms with Crippen LogP contribution in [-0.2, 0) is 14.0 Å². The van der Waals surface area contributed by atoms with Crippen LogP contribution in [0.25, 0.3) is 11.1 Å². The fourth-order valence-electron chi connectivity index (χ4n) is 3.97. The van der Waals surface area contributed by atoms with Gasteiger partial charge in [0.2, 0.25) is 0 Å². The Kier molecular flexibility index (Phi) is 7.53. The van der Waals surface area contributed by atoms with E-state index in [9.17, 15) is 0 Å². The van der Waals surface area contributed by atoms with E-state index in [4.69, 9.17) is 28.5 Å². The Bertz CT molecular complexity index is 915. The van der Waals surface area contributed by atoms with E-state index in [1.807, 2.05) is 38.2 Å². The van der Waals surface area contributed by atoms with Crippen LogP contribution in [0.2, 0.25) is 6.32 Å². The number of rotatable bonds is 9. The van der Waals surface area contributed by atoms with Crippen molar-refractivity contribution in [1.29, 1.82) is 0 Å². The number of hydrogen-bond acceptors (Lipinski definition) is 6. The Morgan fingerprint density at radius 1 is 1.03 bits per heavy atom. The van der Waals surface area contributed by atoms with Gasteiger partial charge in [-0.15, -0.1) is 0 Å². The number of pyridine rings is 1. The van der Waals surface area contributed by atoms with Gasteiger partial charge in [-0.05, 0) is 77.2 Å². The fraction of sp³-hybridized carbons (Fsp3) is 0.560. The lowest BCUT2D eigenvalue weighted by Gasteiger charge is -2.32. The van der Waals surface area contributed by atoms with E-state index in [1.165, 1.54) is 0 Å². The van der Waals surface area contributed by atoms with E-state index in [-0.39, 0.29) is 24.2 Å². The second-order valence-corrected chi connectivity index (χ2v) is 9.27. The molecule has 0 N–H and O–H groups in total. The highest BCUT2D eigenvalue weighted by Crippen LogP contribution is 2.40. The molecular formula is C25H36BNO5. The van der Waals surface area contributed by atoms with E-state index in [2.05, 4.69) is 33.8 Å². The molecule has 3 rings (SSSR count). The van der Waals surface area contributed by atoms with Crippen LogP contribution in [0.1, 0.15) is 51.8 Å². The quantitative estimate of drug-likeness (QED) is 0.493. The smallest absolute Gasteiger partial charge is 0.458 e. The number of aryl methyl sites for hydroxylation is 1. The molecule has 1 aromatic heterocycles. The van der Waals surface area contributed by atoms with Gasteiger partial charge in [0.1, 0.15) is 0 Å². The Morgan fingerprint density at radius 3 is 2.31 bits per heavy atom. The number of aromatic nitrogens is 1. The molecule has 0 saturated carbocycles. The largest absolute Gasteiger partial charge is 0.493 e. The fourth-order valence-corrected chi connectivity index (χ4v) is 3.97. The average molecular weight is 441 g/mol. The van der Waals surface area contributed by atoms with Crippen molar-refractivity contribution >= 4 is 7.12 Å². The number of benzene rings is 1. The summed E-state index contributed by atoms with van der Waals surface area (Å²) >= 11 is 0. The second-order valence-electron chi connectivity index (χ2n) is 9.27. The summed E-state index contributed by atoms with van der Waals surface area (Å²) in [6.45, 7) is 13.4. The zero-order valence-electron chi connectivity index (χ0n) is 20.7. The van der Waals surface area contributed by atoms with Crippen LogP contribution in [0, 0.1) is 6.92 Å². The molecule has 1 aliphatic heterocycles. The molecule has 1 aliphatic rings. The maximum absolute atomic E-state index is 6.24. The molecule has 2 heterocycles. The molecule has 6 nitrogen and oxygen atoms in total. The minimum absolute atomic E-state index is 0.0890. The first-order valence-corrected chi connectivity index (χ1v) is 11.2. The van der Waals surface area contributed by atoms with Crippen molar-refractivity contribution < 1.29 is 23.5 Å². The summed E-state index contributed by atoms with van der Waals surface area (Å²) in [5, 5.41) is 0. The van der Waals surface area contributed by atoms with E-state index >= 15 is 0 Å². The second kappa shape index (κ2) is 9.81. The van der Waals surface area contributed by atoms with Crippen LogP contribution in [0.3, 0.4) is 0 Å². The van der Waals surface area contributed by atoms with E-state index < -0.39 is 0 Å². The number of nitrogens with zero attached hydrogens (tertiary/aromatic N) is 1. The van der Waals surface area contributed by atoms with Crippen LogP contribution in [-0.4, -0.2) is 50.7 Å². The van der Waals surface area contributed by atoms with Crippen molar-refractivity contribution in [3.05, 3.63) is 41.7 Å². The predicted octanol–water partition coefficient (Wildman–Crippen LogP) is 5.29. The van der Waals surface area contributed by atoms with E-state index in [0.29, 0.717) is 19.5 Å². The highest BCUT2D eigenvalue weighted by Gasteiger charge is 2.51. The zero-order valence-corrected chi connectivity index (χ0v) is 20.7. The third-order valence-electron chi connectivity index (χ3n) is 6.50. The van der Waals surface area contributed by atoms with Gasteiger partial charge in [0.05, 0.1) is 31.5 Å². The first-order chi connectivity index (χ1) is 15.1. The first-order valence-electron chi connectivity index (χ1n) is 11.2. The minimum Gasteiger partial charge on any atom is -0.493 e. The molecule has 32 heavy (non-hydrogen) atoms. The third kappa shape index (κ3) is 5.11. The van der Waals surface area contributed by atoms with Gasteiger partial charge in [0, 0.05) is 30.5 Å². The molecular weight excluding hydrogens is 405 g/mol. The van der Waals surface area contributed by atoms with Gasteiger partial charge < -0.3 is 23.5 Å². The molecule has 0 bridgehead atoms. The van der Waals surface area contributed by atoms with Gasteiger partial charge in [0.25, 0.3) is 0 Å². The molecule has 0 aliphatic carbocycles. The van der Waals surface area contributed by atoms with Crippen molar-refractivity contribution in [2.75, 3.05) is 27.4 Å². The Labute approximate surface area is 192 Å². The minimum atomic E-state index is -0.356. The van der Waals surface area contributed by atoms with Crippen LogP contribution in [0.15, 0.2) is 30.5 Å². The van der Waals surface area contributed by atoms with Gasteiger partial charge in [-0.3, -0.25) is 4.98 Å². The van der Waals surface area contributed by atoms with Crippen LogP contribution >= 0.6 is 0 Å². The van der Waals surface area contributed by atoms with Gasteiger partial charge in [0.15, 0.2) is 11.5 Å². The van der Waals surface area contributed by atoms with Gasteiger partial charge in [-0.25, -0.2) is 0 Å². The molecule has 0 amide bonds. The monoisotopic (exact) mass is 441 g/mol. The van der Waals surface area contributed by atoms with Crippen molar-refractivity contribution in [2.45, 2.75) is 65.0 Å². The Balaban J connectivity index is 1.91. The van der Waals surface area contributed by atoms with E-state index in [0.717, 1.165) is 33.9 Å². The zero-order chi connectivity index (χ0) is 23.5. The number of ether oxygens (including phenoxy) is 3. The molecule has 174 valence electrons. The van der Waals surface area contributed by atoms with Gasteiger partial charge >= 0.3 is 7.12 Å². The number of methoxy groups -OCH3 is 2. The van der Waals surface area contributed by atoms with Gasteiger partial charge in [-0.2, -0.15) is 0 Å². The SMILES string of the molecule is CCOc1cc(-c2cc(C(COC)CB3OC(C)(C)C(C)(C)O3)cnc2C)ccc1OC. The molecule has 1 unspecified atom stereocenters. The Hall–Kier alpha value is -2.09. The molecule has 1 atom stereocenters. The molecule has 2 aromatic rings. The molecule has 1 fully saturated rings. The van der Waals surface area contributed by atoms with Crippen molar-refractivity contribution in [3.8, 4) is 22.6 Å². The summed E-state index contributed by atoms with van der Waals surface area (Å²) in [7, 11) is 3.07. The highest BCUT2D eigenvalue weighted by molar-refractivity contribution is 6.45. The maximum Gasteiger partial charge on any atom is 0.458 e.